The molecule has 0 fully saturated rings. The average molecular weight is 435 g/mol. The maximum atomic E-state index is 13.2. The topological polar surface area (TPSA) is 125 Å². The fraction of sp³-hybridized carbons (Fsp3) is 0.250. The Bertz CT molecular complexity index is 1190. The molecule has 0 radical (unpaired) electrons. The molecule has 166 valence electrons. The van der Waals surface area contributed by atoms with E-state index in [4.69, 9.17) is 10.2 Å². The number of allylic oxidation sites excluding steroid dienone is 1. The van der Waals surface area contributed by atoms with Crippen LogP contribution in [0.25, 0.3) is 10.9 Å². The minimum absolute atomic E-state index is 0.0162. The summed E-state index contributed by atoms with van der Waals surface area (Å²) in [6.45, 7) is 6.62. The number of nitrogens with zero attached hydrogens (tertiary/aromatic N) is 2. The molecule has 8 heteroatoms. The number of aliphatic carboxylic acids is 2. The summed E-state index contributed by atoms with van der Waals surface area (Å²) in [6, 6.07) is 8.20. The van der Waals surface area contributed by atoms with Gasteiger partial charge in [0.25, 0.3) is 0 Å². The van der Waals surface area contributed by atoms with Crippen molar-refractivity contribution >= 4 is 28.6 Å². The van der Waals surface area contributed by atoms with E-state index in [0.717, 1.165) is 52.9 Å². The number of rotatable bonds is 6. The van der Waals surface area contributed by atoms with E-state index in [0.29, 0.717) is 18.6 Å². The number of carbonyl (C=O) groups excluding carboxylic acids is 1. The van der Waals surface area contributed by atoms with Crippen molar-refractivity contribution in [2.24, 2.45) is 5.92 Å². The van der Waals surface area contributed by atoms with Gasteiger partial charge < -0.3 is 19.8 Å². The molecule has 3 N–H and O–H groups in total. The fourth-order valence-corrected chi connectivity index (χ4v) is 4.04. The van der Waals surface area contributed by atoms with Gasteiger partial charge in [-0.3, -0.25) is 4.79 Å². The molecule has 2 aromatic heterocycles. The van der Waals surface area contributed by atoms with Gasteiger partial charge in [0.1, 0.15) is 0 Å². The summed E-state index contributed by atoms with van der Waals surface area (Å²) in [5.74, 6) is -2.24. The van der Waals surface area contributed by atoms with E-state index < -0.39 is 11.9 Å². The Morgan fingerprint density at radius 2 is 1.94 bits per heavy atom. The van der Waals surface area contributed by atoms with Crippen LogP contribution >= 0.6 is 0 Å². The average Bonchev–Trinajstić information content (AvgIpc) is 3.31. The zero-order chi connectivity index (χ0) is 23.3. The lowest BCUT2D eigenvalue weighted by atomic mass is 9.82. The van der Waals surface area contributed by atoms with Crippen LogP contribution < -0.4 is 0 Å². The molecule has 3 aromatic rings. The highest BCUT2D eigenvalue weighted by Gasteiger charge is 2.33. The van der Waals surface area contributed by atoms with E-state index in [1.807, 2.05) is 25.1 Å². The quantitative estimate of drug-likeness (QED) is 0.402. The van der Waals surface area contributed by atoms with Crippen molar-refractivity contribution in [3.8, 4) is 0 Å². The number of nitrogens with one attached hydrogen (secondary N) is 1. The molecule has 1 atom stereocenters. The largest absolute Gasteiger partial charge is 0.478 e. The Hall–Kier alpha value is -3.94. The van der Waals surface area contributed by atoms with E-state index in [-0.39, 0.29) is 11.7 Å². The van der Waals surface area contributed by atoms with Crippen LogP contribution in [-0.2, 0) is 29.0 Å². The fourth-order valence-electron chi connectivity index (χ4n) is 4.04. The summed E-state index contributed by atoms with van der Waals surface area (Å²) >= 11 is 0. The van der Waals surface area contributed by atoms with Gasteiger partial charge in [0.15, 0.2) is 5.78 Å². The monoisotopic (exact) mass is 435 g/mol. The van der Waals surface area contributed by atoms with Crippen LogP contribution in [0.15, 0.2) is 55.4 Å². The second-order valence-electron chi connectivity index (χ2n) is 7.53. The number of aryl methyl sites for hydroxylation is 1. The molecule has 0 saturated heterocycles. The summed E-state index contributed by atoms with van der Waals surface area (Å²) in [6.07, 6.45) is 7.25. The number of aromatic nitrogens is 3. The maximum Gasteiger partial charge on any atom is 0.328 e. The van der Waals surface area contributed by atoms with E-state index in [1.54, 1.807) is 6.33 Å². The molecular weight excluding hydrogens is 410 g/mol. The Labute approximate surface area is 184 Å². The van der Waals surface area contributed by atoms with Gasteiger partial charge in [-0.05, 0) is 25.8 Å². The summed E-state index contributed by atoms with van der Waals surface area (Å²) in [5, 5.41) is 16.7. The van der Waals surface area contributed by atoms with Crippen LogP contribution in [0.3, 0.4) is 0 Å². The van der Waals surface area contributed by atoms with Crippen LogP contribution in [0.2, 0.25) is 0 Å². The van der Waals surface area contributed by atoms with E-state index in [9.17, 15) is 14.4 Å². The number of aromatic amines is 1. The number of fused-ring (bicyclic) bond motifs is 3. The molecule has 1 unspecified atom stereocenters. The Morgan fingerprint density at radius 1 is 1.25 bits per heavy atom. The predicted octanol–water partition coefficient (Wildman–Crippen LogP) is 3.56. The van der Waals surface area contributed by atoms with Crippen molar-refractivity contribution in [3.05, 3.63) is 78.0 Å². The summed E-state index contributed by atoms with van der Waals surface area (Å²) in [5.41, 5.74) is 5.27. The van der Waals surface area contributed by atoms with Gasteiger partial charge >= 0.3 is 11.9 Å². The van der Waals surface area contributed by atoms with Crippen LogP contribution in [0.4, 0.5) is 0 Å². The van der Waals surface area contributed by atoms with Gasteiger partial charge in [-0.15, -0.1) is 6.58 Å². The van der Waals surface area contributed by atoms with Crippen molar-refractivity contribution in [1.29, 1.82) is 0 Å². The molecule has 0 saturated carbocycles. The van der Waals surface area contributed by atoms with Crippen LogP contribution in [0.1, 0.15) is 33.9 Å². The molecule has 4 rings (SSSR count). The summed E-state index contributed by atoms with van der Waals surface area (Å²) in [7, 11) is 0. The molecule has 0 amide bonds. The third-order valence-electron chi connectivity index (χ3n) is 5.48. The number of hydrogen-bond acceptors (Lipinski definition) is 4. The number of carboxylic acid groups (broad SMARTS) is 2. The maximum absolute atomic E-state index is 13.2. The number of carboxylic acids is 2. The number of carbonyl (C=O) groups is 3. The van der Waals surface area contributed by atoms with E-state index in [2.05, 4.69) is 33.2 Å². The van der Waals surface area contributed by atoms with Crippen LogP contribution in [0, 0.1) is 12.8 Å². The summed E-state index contributed by atoms with van der Waals surface area (Å²) < 4.78 is 2.24. The number of ketones is 1. The van der Waals surface area contributed by atoms with E-state index in [1.165, 1.54) is 0 Å². The molecule has 1 aliphatic rings. The zero-order valence-corrected chi connectivity index (χ0v) is 17.7. The zero-order valence-electron chi connectivity index (χ0n) is 17.7. The molecule has 0 spiro atoms. The number of hydrogen-bond donors (Lipinski definition) is 3. The van der Waals surface area contributed by atoms with Crippen molar-refractivity contribution in [2.45, 2.75) is 32.7 Å². The molecule has 1 aromatic carbocycles. The number of imidazole rings is 1. The van der Waals surface area contributed by atoms with Crippen molar-refractivity contribution in [2.75, 3.05) is 0 Å². The third-order valence-corrected chi connectivity index (χ3v) is 5.48. The highest BCUT2D eigenvalue weighted by Crippen LogP contribution is 2.35. The number of H-pyrrole nitrogens is 1. The predicted molar refractivity (Wildman–Crippen MR) is 120 cm³/mol. The first-order chi connectivity index (χ1) is 15.3. The number of para-hydroxylation sites is 1. The van der Waals surface area contributed by atoms with Gasteiger partial charge in [-0.1, -0.05) is 24.3 Å². The Kier molecular flexibility index (Phi) is 7.04. The van der Waals surface area contributed by atoms with Gasteiger partial charge in [0.05, 0.1) is 12.0 Å². The van der Waals surface area contributed by atoms with Crippen molar-refractivity contribution in [3.63, 3.8) is 0 Å². The van der Waals surface area contributed by atoms with Gasteiger partial charge in [0.2, 0.25) is 0 Å². The lowest BCUT2D eigenvalue weighted by Gasteiger charge is -2.22. The lowest BCUT2D eigenvalue weighted by Crippen LogP contribution is -2.25. The molecule has 1 aliphatic carbocycles. The normalized spacial score (nSPS) is 15.3. The lowest BCUT2D eigenvalue weighted by molar-refractivity contribution is -0.134. The SMILES string of the molecule is C=CCn1c2c(c3ccccc31)C(=O)C(Cc1nc[nH]c1C)CC2.O=C(O)/C=C\C(=O)O. The van der Waals surface area contributed by atoms with Crippen molar-refractivity contribution in [1.82, 2.24) is 14.5 Å². The highest BCUT2D eigenvalue weighted by molar-refractivity contribution is 6.11. The van der Waals surface area contributed by atoms with Gasteiger partial charge in [0, 0.05) is 58.9 Å². The highest BCUT2D eigenvalue weighted by atomic mass is 16.4. The number of Topliss-reactive ketones (excluding diaryl/α,β-unsaturated/α-hetero) is 1. The number of benzene rings is 1. The van der Waals surface area contributed by atoms with Gasteiger partial charge in [-0.25, -0.2) is 14.6 Å². The third kappa shape index (κ3) is 4.85. The molecule has 0 bridgehead atoms. The Balaban J connectivity index is 0.000000312. The van der Waals surface area contributed by atoms with Gasteiger partial charge in [-0.2, -0.15) is 0 Å². The molecule has 0 aliphatic heterocycles. The smallest absolute Gasteiger partial charge is 0.328 e. The van der Waals surface area contributed by atoms with Crippen LogP contribution in [-0.4, -0.2) is 42.5 Å². The first kappa shape index (κ1) is 22.7. The van der Waals surface area contributed by atoms with Crippen molar-refractivity contribution < 1.29 is 24.6 Å². The first-order valence-electron chi connectivity index (χ1n) is 10.2. The first-order valence-corrected chi connectivity index (χ1v) is 10.2. The summed E-state index contributed by atoms with van der Waals surface area (Å²) in [4.78, 5) is 39.8. The standard InChI is InChI=1S/C20H21N3O.C4H4O4/c1-3-10-23-17-7-5-4-6-15(17)19-18(23)9-8-14(20(19)24)11-16-13(2)21-12-22-16;5-3(6)1-2-4(7)8/h3-7,12,14H,1,8-11H2,2H3,(H,21,22);1-2H,(H,5,6)(H,7,8)/b;2-1-. The second-order valence-corrected chi connectivity index (χ2v) is 7.53. The molecule has 8 nitrogen and oxygen atoms in total. The van der Waals surface area contributed by atoms with E-state index >= 15 is 0 Å². The Morgan fingerprint density at radius 3 is 2.53 bits per heavy atom. The minimum Gasteiger partial charge on any atom is -0.478 e. The van der Waals surface area contributed by atoms with Crippen LogP contribution in [0.5, 0.6) is 0 Å². The minimum atomic E-state index is -1.26. The molecule has 32 heavy (non-hydrogen) atoms. The molecular formula is C24H25N3O5. The second kappa shape index (κ2) is 9.91. The molecule has 2 heterocycles.